The van der Waals surface area contributed by atoms with Gasteiger partial charge in [0.25, 0.3) is 0 Å². The van der Waals surface area contributed by atoms with E-state index in [1.54, 1.807) is 7.05 Å². The second-order valence-electron chi connectivity index (χ2n) is 8.32. The number of hydrogen-bond donors (Lipinski definition) is 2. The Hall–Kier alpha value is -0.580. The van der Waals surface area contributed by atoms with Crippen LogP contribution >= 0.6 is 0 Å². The van der Waals surface area contributed by atoms with Gasteiger partial charge in [-0.15, -0.1) is 0 Å². The van der Waals surface area contributed by atoms with Crippen molar-refractivity contribution in [3.05, 3.63) is 0 Å². The van der Waals surface area contributed by atoms with Crippen molar-refractivity contribution in [3.8, 4) is 0 Å². The zero-order chi connectivity index (χ0) is 17.5. The van der Waals surface area contributed by atoms with E-state index in [2.05, 4.69) is 29.5 Å². The fourth-order valence-electron chi connectivity index (χ4n) is 3.50. The normalized spacial score (nSPS) is 19.9. The molecule has 1 rings (SSSR count). The summed E-state index contributed by atoms with van der Waals surface area (Å²) in [6, 6.07) is 0. The summed E-state index contributed by atoms with van der Waals surface area (Å²) < 4.78 is 11.9. The van der Waals surface area contributed by atoms with Gasteiger partial charge in [-0.25, -0.2) is 0 Å². The Morgan fingerprint density at radius 1 is 1.22 bits per heavy atom. The number of hydrogen-bond acceptors (Lipinski definition) is 2. The predicted molar refractivity (Wildman–Crippen MR) is 102 cm³/mol. The maximum atomic E-state index is 12.1. The molecule has 136 valence electrons. The molecule has 1 unspecified atom stereocenters. The van der Waals surface area contributed by atoms with Crippen molar-refractivity contribution in [1.29, 1.82) is 0 Å². The van der Waals surface area contributed by atoms with E-state index in [4.69, 9.17) is 0 Å². The minimum absolute atomic E-state index is 0.149. The predicted octanol–water partition coefficient (Wildman–Crippen LogP) is 3.31. The molecular formula is C18H37N3OS. The van der Waals surface area contributed by atoms with Crippen molar-refractivity contribution < 1.29 is 4.21 Å². The molecule has 0 bridgehead atoms. The second kappa shape index (κ2) is 9.05. The molecule has 0 aromatic rings. The molecule has 0 saturated heterocycles. The van der Waals surface area contributed by atoms with Crippen molar-refractivity contribution in [1.82, 2.24) is 10.6 Å². The number of guanidine groups is 1. The van der Waals surface area contributed by atoms with Crippen molar-refractivity contribution in [3.63, 3.8) is 0 Å². The Balaban J connectivity index is 2.43. The second-order valence-corrected chi connectivity index (χ2v) is 10.6. The third-order valence-electron chi connectivity index (χ3n) is 4.62. The quantitative estimate of drug-likeness (QED) is 0.551. The van der Waals surface area contributed by atoms with E-state index >= 15 is 0 Å². The van der Waals surface area contributed by atoms with E-state index in [1.165, 1.54) is 32.1 Å². The molecule has 1 saturated carbocycles. The fourth-order valence-corrected chi connectivity index (χ4v) is 4.40. The maximum absolute atomic E-state index is 12.1. The number of nitrogens with one attached hydrogen (secondary N) is 2. The highest BCUT2D eigenvalue weighted by atomic mass is 32.2. The summed E-state index contributed by atoms with van der Waals surface area (Å²) in [7, 11) is 0.982. The largest absolute Gasteiger partial charge is 0.356 e. The maximum Gasteiger partial charge on any atom is 0.191 e. The Morgan fingerprint density at radius 3 is 2.30 bits per heavy atom. The lowest BCUT2D eigenvalue weighted by Gasteiger charge is -2.32. The van der Waals surface area contributed by atoms with Gasteiger partial charge in [0.2, 0.25) is 0 Å². The van der Waals surface area contributed by atoms with Crippen LogP contribution in [0.15, 0.2) is 4.99 Å². The summed E-state index contributed by atoms with van der Waals surface area (Å²) in [4.78, 5) is 4.31. The summed E-state index contributed by atoms with van der Waals surface area (Å²) in [6.45, 7) is 12.4. The fraction of sp³-hybridized carbons (Fsp3) is 0.944. The summed E-state index contributed by atoms with van der Waals surface area (Å²) in [6.07, 6.45) is 6.63. The summed E-state index contributed by atoms with van der Waals surface area (Å²) in [5.74, 6) is 2.23. The summed E-state index contributed by atoms with van der Waals surface area (Å²) in [5, 5.41) is 6.82. The molecule has 0 amide bonds. The molecule has 0 aliphatic heterocycles. The lowest BCUT2D eigenvalue weighted by molar-refractivity contribution is 0.235. The van der Waals surface area contributed by atoms with Gasteiger partial charge >= 0.3 is 0 Å². The molecule has 1 fully saturated rings. The van der Waals surface area contributed by atoms with Gasteiger partial charge in [0.1, 0.15) is 0 Å². The minimum Gasteiger partial charge on any atom is -0.356 e. The standard InChI is InChI=1S/C18H37N3OS/c1-15(2)13-18(9-7-8-10-18)14-21-16(19-6)20-11-12-23(22)17(3,4)5/h15H,7-14H2,1-6H3,(H2,19,20,21). The average molecular weight is 344 g/mol. The van der Waals surface area contributed by atoms with Crippen molar-refractivity contribution >= 4 is 16.8 Å². The summed E-state index contributed by atoms with van der Waals surface area (Å²) >= 11 is 0. The van der Waals surface area contributed by atoms with E-state index < -0.39 is 10.8 Å². The van der Waals surface area contributed by atoms with Crippen LogP contribution in [0.4, 0.5) is 0 Å². The van der Waals surface area contributed by atoms with E-state index in [0.717, 1.165) is 18.4 Å². The number of rotatable bonds is 7. The van der Waals surface area contributed by atoms with Gasteiger partial charge in [0, 0.05) is 41.4 Å². The highest BCUT2D eigenvalue weighted by Crippen LogP contribution is 2.42. The Morgan fingerprint density at radius 2 is 1.83 bits per heavy atom. The van der Waals surface area contributed by atoms with Crippen molar-refractivity contribution in [2.45, 2.75) is 71.5 Å². The smallest absolute Gasteiger partial charge is 0.191 e. The molecule has 0 radical (unpaired) electrons. The molecular weight excluding hydrogens is 306 g/mol. The molecule has 5 heteroatoms. The molecule has 0 heterocycles. The van der Waals surface area contributed by atoms with Crippen LogP contribution in [0.2, 0.25) is 0 Å². The first-order valence-corrected chi connectivity index (χ1v) is 10.3. The molecule has 0 aromatic heterocycles. The van der Waals surface area contributed by atoms with E-state index in [1.807, 2.05) is 20.8 Å². The first-order valence-electron chi connectivity index (χ1n) is 9.01. The van der Waals surface area contributed by atoms with Gasteiger partial charge < -0.3 is 10.6 Å². The van der Waals surface area contributed by atoms with Gasteiger partial charge in [-0.2, -0.15) is 0 Å². The minimum atomic E-state index is -0.823. The first kappa shape index (κ1) is 20.5. The van der Waals surface area contributed by atoms with Crippen LogP contribution in [0.5, 0.6) is 0 Å². The van der Waals surface area contributed by atoms with E-state index in [9.17, 15) is 4.21 Å². The van der Waals surface area contributed by atoms with Gasteiger partial charge in [-0.1, -0.05) is 26.7 Å². The third-order valence-corrected chi connectivity index (χ3v) is 6.56. The van der Waals surface area contributed by atoms with Crippen LogP contribution in [-0.2, 0) is 10.8 Å². The van der Waals surface area contributed by atoms with Crippen LogP contribution in [0.1, 0.15) is 66.7 Å². The Bertz CT molecular complexity index is 407. The first-order chi connectivity index (χ1) is 10.7. The van der Waals surface area contributed by atoms with Gasteiger partial charge in [-0.3, -0.25) is 9.20 Å². The number of nitrogens with zero attached hydrogens (tertiary/aromatic N) is 1. The lowest BCUT2D eigenvalue weighted by Crippen LogP contribution is -2.44. The number of aliphatic imine (C=N–C) groups is 1. The monoisotopic (exact) mass is 343 g/mol. The topological polar surface area (TPSA) is 53.5 Å². The van der Waals surface area contributed by atoms with Gasteiger partial charge in [0.15, 0.2) is 5.96 Å². The molecule has 1 atom stereocenters. The highest BCUT2D eigenvalue weighted by Gasteiger charge is 2.34. The molecule has 1 aliphatic rings. The van der Waals surface area contributed by atoms with Crippen LogP contribution in [0, 0.1) is 11.3 Å². The molecule has 0 aromatic carbocycles. The van der Waals surface area contributed by atoms with Gasteiger partial charge in [-0.05, 0) is 51.4 Å². The third kappa shape index (κ3) is 7.23. The zero-order valence-corrected chi connectivity index (χ0v) is 16.8. The molecule has 23 heavy (non-hydrogen) atoms. The highest BCUT2D eigenvalue weighted by molar-refractivity contribution is 7.86. The van der Waals surface area contributed by atoms with E-state index in [0.29, 0.717) is 17.7 Å². The molecule has 1 aliphatic carbocycles. The summed E-state index contributed by atoms with van der Waals surface area (Å²) in [5.41, 5.74) is 0.431. The molecule has 2 N–H and O–H groups in total. The van der Waals surface area contributed by atoms with Crippen molar-refractivity contribution in [2.75, 3.05) is 25.9 Å². The van der Waals surface area contributed by atoms with E-state index in [-0.39, 0.29) is 4.75 Å². The van der Waals surface area contributed by atoms with Crippen LogP contribution < -0.4 is 10.6 Å². The lowest BCUT2D eigenvalue weighted by atomic mass is 9.78. The Labute approximate surface area is 145 Å². The van der Waals surface area contributed by atoms with Crippen LogP contribution in [-0.4, -0.2) is 40.8 Å². The SMILES string of the molecule is CN=C(NCCS(=O)C(C)(C)C)NCC1(CC(C)C)CCCC1. The molecule has 4 nitrogen and oxygen atoms in total. The Kier molecular flexibility index (Phi) is 8.05. The van der Waals surface area contributed by atoms with Gasteiger partial charge in [0.05, 0.1) is 0 Å². The average Bonchev–Trinajstić information content (AvgIpc) is 2.89. The van der Waals surface area contributed by atoms with Crippen LogP contribution in [0.25, 0.3) is 0 Å². The zero-order valence-electron chi connectivity index (χ0n) is 16.0. The molecule has 0 spiro atoms. The van der Waals surface area contributed by atoms with Crippen LogP contribution in [0.3, 0.4) is 0 Å². The van der Waals surface area contributed by atoms with Crippen molar-refractivity contribution in [2.24, 2.45) is 16.3 Å².